The molecule has 0 aliphatic carbocycles. The van der Waals surface area contributed by atoms with Crippen LogP contribution in [-0.2, 0) is 10.3 Å². The average molecular weight is 283 g/mol. The number of rotatable bonds is 5. The number of hydrogen-bond acceptors (Lipinski definition) is 3. The van der Waals surface area contributed by atoms with Crippen LogP contribution in [0, 0.1) is 0 Å². The Morgan fingerprint density at radius 2 is 1.62 bits per heavy atom. The molecule has 0 saturated heterocycles. The Hall–Kier alpha value is -2.13. The van der Waals surface area contributed by atoms with Gasteiger partial charge in [-0.2, -0.15) is 0 Å². The summed E-state index contributed by atoms with van der Waals surface area (Å²) < 4.78 is 5.68. The molecule has 0 heterocycles. The van der Waals surface area contributed by atoms with Gasteiger partial charge in [-0.25, -0.2) is 0 Å². The van der Waals surface area contributed by atoms with Gasteiger partial charge in [0.15, 0.2) is 0 Å². The van der Waals surface area contributed by atoms with E-state index in [1.165, 1.54) is 5.56 Å². The predicted molar refractivity (Wildman–Crippen MR) is 85.8 cm³/mol. The number of oxime groups is 1. The molecule has 3 heteroatoms. The first-order valence-electron chi connectivity index (χ1n) is 7.08. The van der Waals surface area contributed by atoms with Gasteiger partial charge in [0.1, 0.15) is 5.60 Å². The summed E-state index contributed by atoms with van der Waals surface area (Å²) in [6, 6.07) is 18.4. The number of nitrogens with zero attached hydrogens (tertiary/aromatic N) is 1. The first-order chi connectivity index (χ1) is 10.2. The van der Waals surface area contributed by atoms with E-state index in [1.807, 2.05) is 37.3 Å². The van der Waals surface area contributed by atoms with Gasteiger partial charge in [-0.3, -0.25) is 0 Å². The third-order valence-electron chi connectivity index (χ3n) is 4.04. The summed E-state index contributed by atoms with van der Waals surface area (Å²) in [5.41, 5.74) is 3.20. The molecule has 0 bridgehead atoms. The highest BCUT2D eigenvalue weighted by Crippen LogP contribution is 2.32. The van der Waals surface area contributed by atoms with E-state index in [2.05, 4.69) is 29.4 Å². The highest BCUT2D eigenvalue weighted by Gasteiger charge is 2.34. The van der Waals surface area contributed by atoms with Crippen molar-refractivity contribution in [2.24, 2.45) is 5.16 Å². The SMILES string of the molecule is CCC(OC)(/C(C)=N/O)c1ccc(-c2ccccc2)cc1. The topological polar surface area (TPSA) is 41.8 Å². The van der Waals surface area contributed by atoms with Crippen LogP contribution >= 0.6 is 0 Å². The molecule has 2 rings (SSSR count). The second-order valence-corrected chi connectivity index (χ2v) is 5.01. The van der Waals surface area contributed by atoms with Crippen LogP contribution in [0.25, 0.3) is 11.1 Å². The quantitative estimate of drug-likeness (QED) is 0.500. The fourth-order valence-electron chi connectivity index (χ4n) is 2.72. The van der Waals surface area contributed by atoms with Gasteiger partial charge < -0.3 is 9.94 Å². The standard InChI is InChI=1S/C18H21NO2/c1-4-18(21-3,14(2)19-20)17-12-10-16(11-13-17)15-8-6-5-7-9-15/h5-13,20H,4H2,1-3H3/b19-14+. The Bertz CT molecular complexity index is 599. The fraction of sp³-hybridized carbons (Fsp3) is 0.278. The van der Waals surface area contributed by atoms with Crippen molar-refractivity contribution < 1.29 is 9.94 Å². The summed E-state index contributed by atoms with van der Waals surface area (Å²) in [5.74, 6) is 0. The lowest BCUT2D eigenvalue weighted by atomic mass is 9.86. The van der Waals surface area contributed by atoms with Gasteiger partial charge in [-0.05, 0) is 30.0 Å². The molecule has 0 aliphatic rings. The number of hydrogen-bond donors (Lipinski definition) is 1. The maximum absolute atomic E-state index is 9.13. The maximum atomic E-state index is 9.13. The maximum Gasteiger partial charge on any atom is 0.133 e. The summed E-state index contributed by atoms with van der Waals surface area (Å²) in [4.78, 5) is 0. The van der Waals surface area contributed by atoms with Crippen molar-refractivity contribution in [1.82, 2.24) is 0 Å². The molecule has 0 spiro atoms. The molecule has 0 saturated carbocycles. The van der Waals surface area contributed by atoms with Crippen molar-refractivity contribution >= 4 is 5.71 Å². The Kier molecular flexibility index (Phi) is 4.76. The van der Waals surface area contributed by atoms with Crippen LogP contribution in [-0.4, -0.2) is 18.0 Å². The largest absolute Gasteiger partial charge is 0.411 e. The van der Waals surface area contributed by atoms with Gasteiger partial charge in [0, 0.05) is 7.11 Å². The zero-order valence-electron chi connectivity index (χ0n) is 12.7. The van der Waals surface area contributed by atoms with Crippen molar-refractivity contribution in [1.29, 1.82) is 0 Å². The van der Waals surface area contributed by atoms with E-state index >= 15 is 0 Å². The molecule has 3 nitrogen and oxygen atoms in total. The van der Waals surface area contributed by atoms with E-state index < -0.39 is 5.60 Å². The smallest absolute Gasteiger partial charge is 0.133 e. The first kappa shape index (κ1) is 15.3. The third kappa shape index (κ3) is 2.83. The summed E-state index contributed by atoms with van der Waals surface area (Å²) in [5, 5.41) is 12.5. The van der Waals surface area contributed by atoms with Crippen LogP contribution in [0.4, 0.5) is 0 Å². The molecule has 1 atom stereocenters. The Morgan fingerprint density at radius 3 is 2.10 bits per heavy atom. The van der Waals surface area contributed by atoms with Crippen molar-refractivity contribution in [3.63, 3.8) is 0 Å². The van der Waals surface area contributed by atoms with Gasteiger partial charge in [0.05, 0.1) is 5.71 Å². The normalized spacial score (nSPS) is 14.7. The van der Waals surface area contributed by atoms with Crippen molar-refractivity contribution in [2.45, 2.75) is 25.9 Å². The lowest BCUT2D eigenvalue weighted by Gasteiger charge is -2.31. The molecule has 110 valence electrons. The van der Waals surface area contributed by atoms with Crippen LogP contribution in [0.15, 0.2) is 59.8 Å². The molecule has 21 heavy (non-hydrogen) atoms. The van der Waals surface area contributed by atoms with Gasteiger partial charge in [0.2, 0.25) is 0 Å². The molecule has 1 N–H and O–H groups in total. The monoisotopic (exact) mass is 283 g/mol. The van der Waals surface area contributed by atoms with Crippen LogP contribution in [0.2, 0.25) is 0 Å². The average Bonchev–Trinajstić information content (AvgIpc) is 2.57. The minimum atomic E-state index is -0.677. The minimum Gasteiger partial charge on any atom is -0.411 e. The first-order valence-corrected chi connectivity index (χ1v) is 7.08. The Morgan fingerprint density at radius 1 is 1.05 bits per heavy atom. The van der Waals surface area contributed by atoms with Gasteiger partial charge in [-0.15, -0.1) is 0 Å². The van der Waals surface area contributed by atoms with E-state index in [-0.39, 0.29) is 0 Å². The van der Waals surface area contributed by atoms with Crippen LogP contribution in [0.5, 0.6) is 0 Å². The predicted octanol–water partition coefficient (Wildman–Crippen LogP) is 4.46. The molecular formula is C18H21NO2. The molecule has 0 radical (unpaired) electrons. The molecule has 2 aromatic rings. The highest BCUT2D eigenvalue weighted by molar-refractivity contribution is 5.91. The molecular weight excluding hydrogens is 262 g/mol. The van der Waals surface area contributed by atoms with Crippen LogP contribution in [0.3, 0.4) is 0 Å². The number of ether oxygens (including phenoxy) is 1. The molecule has 1 unspecified atom stereocenters. The van der Waals surface area contributed by atoms with E-state index in [0.717, 1.165) is 11.1 Å². The van der Waals surface area contributed by atoms with Gasteiger partial charge in [0.25, 0.3) is 0 Å². The van der Waals surface area contributed by atoms with Gasteiger partial charge in [-0.1, -0.05) is 66.7 Å². The highest BCUT2D eigenvalue weighted by atomic mass is 16.5. The van der Waals surface area contributed by atoms with E-state index in [9.17, 15) is 0 Å². The lowest BCUT2D eigenvalue weighted by Crippen LogP contribution is -2.35. The number of benzene rings is 2. The van der Waals surface area contributed by atoms with Crippen LogP contribution < -0.4 is 0 Å². The zero-order chi connectivity index (χ0) is 15.3. The second-order valence-electron chi connectivity index (χ2n) is 5.01. The summed E-state index contributed by atoms with van der Waals surface area (Å²) in [6.45, 7) is 3.79. The summed E-state index contributed by atoms with van der Waals surface area (Å²) >= 11 is 0. The fourth-order valence-corrected chi connectivity index (χ4v) is 2.72. The Labute approximate surface area is 125 Å². The van der Waals surface area contributed by atoms with Crippen molar-refractivity contribution in [3.8, 4) is 11.1 Å². The van der Waals surface area contributed by atoms with Gasteiger partial charge >= 0.3 is 0 Å². The third-order valence-corrected chi connectivity index (χ3v) is 4.04. The summed E-state index contributed by atoms with van der Waals surface area (Å²) in [7, 11) is 1.64. The van der Waals surface area contributed by atoms with E-state index in [4.69, 9.17) is 9.94 Å². The van der Waals surface area contributed by atoms with E-state index in [0.29, 0.717) is 12.1 Å². The molecule has 0 aromatic heterocycles. The van der Waals surface area contributed by atoms with Crippen molar-refractivity contribution in [3.05, 3.63) is 60.2 Å². The molecule has 0 amide bonds. The minimum absolute atomic E-state index is 0.556. The van der Waals surface area contributed by atoms with Crippen LogP contribution in [0.1, 0.15) is 25.8 Å². The second kappa shape index (κ2) is 6.55. The van der Waals surface area contributed by atoms with E-state index in [1.54, 1.807) is 14.0 Å². The Balaban J connectivity index is 2.42. The molecule has 0 fully saturated rings. The van der Waals surface area contributed by atoms with Crippen molar-refractivity contribution in [2.75, 3.05) is 7.11 Å². The number of methoxy groups -OCH3 is 1. The molecule has 2 aromatic carbocycles. The molecule has 0 aliphatic heterocycles. The zero-order valence-corrected chi connectivity index (χ0v) is 12.7. The lowest BCUT2D eigenvalue weighted by molar-refractivity contribution is 0.0406. The summed E-state index contributed by atoms with van der Waals surface area (Å²) in [6.07, 6.45) is 0.698.